The first-order chi connectivity index (χ1) is 15.1. The van der Waals surface area contributed by atoms with Crippen molar-refractivity contribution in [2.75, 3.05) is 23.2 Å². The number of benzene rings is 2. The first kappa shape index (κ1) is 23.7. The summed E-state index contributed by atoms with van der Waals surface area (Å²) in [5.41, 5.74) is 1.86. The van der Waals surface area contributed by atoms with E-state index in [-0.39, 0.29) is 16.3 Å². The first-order valence-electron chi connectivity index (χ1n) is 10.0. The number of fused-ring (bicyclic) bond motifs is 1. The topological polar surface area (TPSA) is 110 Å². The van der Waals surface area contributed by atoms with Gasteiger partial charge in [-0.2, -0.15) is 0 Å². The Morgan fingerprint density at radius 3 is 2.59 bits per heavy atom. The van der Waals surface area contributed by atoms with Crippen molar-refractivity contribution < 1.29 is 27.5 Å². The van der Waals surface area contributed by atoms with E-state index in [4.69, 9.17) is 16.3 Å². The molecule has 1 atom stereocenters. The van der Waals surface area contributed by atoms with E-state index >= 15 is 0 Å². The van der Waals surface area contributed by atoms with Crippen LogP contribution in [0, 0.1) is 0 Å². The number of esters is 1. The fraction of sp³-hybridized carbons (Fsp3) is 0.318. The molecule has 0 saturated heterocycles. The molecule has 0 unspecified atom stereocenters. The van der Waals surface area contributed by atoms with E-state index in [9.17, 15) is 22.8 Å². The van der Waals surface area contributed by atoms with E-state index in [0.717, 1.165) is 5.56 Å². The number of ketones is 1. The minimum Gasteiger partial charge on any atom is -0.456 e. The van der Waals surface area contributed by atoms with Crippen LogP contribution in [0.1, 0.15) is 40.1 Å². The number of hydrogen-bond acceptors (Lipinski definition) is 6. The SMILES string of the molecule is CCS(=O)(=O)N1CCc2cc(C(=O)COC(=O)[C@H](C)NC(=O)c3ccccc3Cl)ccc21. The molecule has 0 spiro atoms. The van der Waals surface area contributed by atoms with E-state index in [1.54, 1.807) is 37.3 Å². The summed E-state index contributed by atoms with van der Waals surface area (Å²) in [5.74, 6) is -1.73. The number of sulfonamides is 1. The molecule has 1 heterocycles. The molecule has 0 radical (unpaired) electrons. The van der Waals surface area contributed by atoms with Crippen molar-refractivity contribution >= 4 is 45.0 Å². The summed E-state index contributed by atoms with van der Waals surface area (Å²) in [5, 5.41) is 2.74. The van der Waals surface area contributed by atoms with Crippen LogP contribution in [0.3, 0.4) is 0 Å². The monoisotopic (exact) mass is 478 g/mol. The zero-order chi connectivity index (χ0) is 23.5. The average Bonchev–Trinajstić information content (AvgIpc) is 3.21. The molecule has 8 nitrogen and oxygen atoms in total. The van der Waals surface area contributed by atoms with Gasteiger partial charge >= 0.3 is 5.97 Å². The van der Waals surface area contributed by atoms with Crippen LogP contribution in [0.25, 0.3) is 0 Å². The normalized spacial score (nSPS) is 13.9. The zero-order valence-electron chi connectivity index (χ0n) is 17.6. The molecule has 32 heavy (non-hydrogen) atoms. The fourth-order valence-corrected chi connectivity index (χ4v) is 4.69. The molecule has 0 aliphatic carbocycles. The van der Waals surface area contributed by atoms with Crippen molar-refractivity contribution in [3.63, 3.8) is 0 Å². The Morgan fingerprint density at radius 1 is 1.19 bits per heavy atom. The minimum atomic E-state index is -3.37. The van der Waals surface area contributed by atoms with E-state index in [0.29, 0.717) is 24.2 Å². The number of amides is 1. The lowest BCUT2D eigenvalue weighted by atomic mass is 10.1. The highest BCUT2D eigenvalue weighted by molar-refractivity contribution is 7.92. The molecule has 1 amide bonds. The maximum atomic E-state index is 12.5. The van der Waals surface area contributed by atoms with Crippen molar-refractivity contribution in [2.24, 2.45) is 0 Å². The number of anilines is 1. The van der Waals surface area contributed by atoms with Gasteiger partial charge in [-0.15, -0.1) is 0 Å². The fourth-order valence-electron chi connectivity index (χ4n) is 3.31. The van der Waals surface area contributed by atoms with Crippen molar-refractivity contribution in [1.29, 1.82) is 0 Å². The summed E-state index contributed by atoms with van der Waals surface area (Å²) in [7, 11) is -3.37. The van der Waals surface area contributed by atoms with Gasteiger partial charge in [0.2, 0.25) is 10.0 Å². The summed E-state index contributed by atoms with van der Waals surface area (Å²) >= 11 is 5.98. The van der Waals surface area contributed by atoms with Gasteiger partial charge < -0.3 is 10.1 Å². The molecule has 2 aromatic rings. The Bertz CT molecular complexity index is 1160. The number of carbonyl (C=O) groups is 3. The van der Waals surface area contributed by atoms with E-state index in [1.165, 1.54) is 23.4 Å². The summed E-state index contributed by atoms with van der Waals surface area (Å²) < 4.78 is 30.8. The predicted octanol–water partition coefficient (Wildman–Crippen LogP) is 2.60. The number of rotatable bonds is 8. The van der Waals surface area contributed by atoms with Crippen molar-refractivity contribution in [3.05, 3.63) is 64.2 Å². The number of nitrogens with zero attached hydrogens (tertiary/aromatic N) is 1. The van der Waals surface area contributed by atoms with Crippen molar-refractivity contribution in [2.45, 2.75) is 26.3 Å². The lowest BCUT2D eigenvalue weighted by molar-refractivity contribution is -0.144. The second-order valence-corrected chi connectivity index (χ2v) is 9.86. The molecule has 170 valence electrons. The third kappa shape index (κ3) is 5.11. The summed E-state index contributed by atoms with van der Waals surface area (Å²) in [6, 6.07) is 10.2. The quantitative estimate of drug-likeness (QED) is 0.461. The molecular weight excluding hydrogens is 456 g/mol. The molecule has 2 aromatic carbocycles. The minimum absolute atomic E-state index is 0.00568. The molecule has 1 aliphatic heterocycles. The van der Waals surface area contributed by atoms with Gasteiger partial charge in [-0.1, -0.05) is 23.7 Å². The molecule has 0 fully saturated rings. The third-order valence-corrected chi connectivity index (χ3v) is 7.23. The highest BCUT2D eigenvalue weighted by Crippen LogP contribution is 2.31. The molecule has 10 heteroatoms. The Morgan fingerprint density at radius 2 is 1.91 bits per heavy atom. The zero-order valence-corrected chi connectivity index (χ0v) is 19.2. The van der Waals surface area contributed by atoms with Gasteiger partial charge in [-0.3, -0.25) is 13.9 Å². The number of halogens is 1. The number of Topliss-reactive ketones (excluding diaryl/α,β-unsaturated/α-hetero) is 1. The molecule has 0 saturated carbocycles. The average molecular weight is 479 g/mol. The number of carbonyl (C=O) groups excluding carboxylic acids is 3. The summed E-state index contributed by atoms with van der Waals surface area (Å²) in [4.78, 5) is 36.9. The first-order valence-corrected chi connectivity index (χ1v) is 12.0. The number of nitrogens with one attached hydrogen (secondary N) is 1. The van der Waals surface area contributed by atoms with Crippen molar-refractivity contribution in [1.82, 2.24) is 5.32 Å². The molecular formula is C22H23ClN2O6S. The molecule has 3 rings (SSSR count). The van der Waals surface area contributed by atoms with Gasteiger partial charge in [0, 0.05) is 12.1 Å². The van der Waals surface area contributed by atoms with Crippen LogP contribution in [0.2, 0.25) is 5.02 Å². The van der Waals surface area contributed by atoms with Gasteiger partial charge in [0.05, 0.1) is 22.0 Å². The number of ether oxygens (including phenoxy) is 1. The molecule has 0 aromatic heterocycles. The predicted molar refractivity (Wildman–Crippen MR) is 121 cm³/mol. The number of hydrogen-bond donors (Lipinski definition) is 1. The standard InChI is InChI=1S/C22H23ClN2O6S/c1-3-32(29,30)25-11-10-15-12-16(8-9-19(15)25)20(26)13-31-22(28)14(2)24-21(27)17-6-4-5-7-18(17)23/h4-9,12,14H,3,10-11,13H2,1-2H3,(H,24,27)/t14-/m0/s1. The molecule has 1 aliphatic rings. The largest absolute Gasteiger partial charge is 0.456 e. The highest BCUT2D eigenvalue weighted by atomic mass is 35.5. The van der Waals surface area contributed by atoms with Gasteiger partial charge in [0.1, 0.15) is 6.04 Å². The van der Waals surface area contributed by atoms with Crippen LogP contribution in [0.5, 0.6) is 0 Å². The van der Waals surface area contributed by atoms with Crippen LogP contribution in [0.4, 0.5) is 5.69 Å². The van der Waals surface area contributed by atoms with Crippen LogP contribution in [0.15, 0.2) is 42.5 Å². The van der Waals surface area contributed by atoms with Crippen LogP contribution < -0.4 is 9.62 Å². The maximum Gasteiger partial charge on any atom is 0.328 e. The Labute approximate surface area is 191 Å². The maximum absolute atomic E-state index is 12.5. The van der Waals surface area contributed by atoms with E-state index < -0.39 is 40.3 Å². The lowest BCUT2D eigenvalue weighted by Gasteiger charge is -2.18. The summed E-state index contributed by atoms with van der Waals surface area (Å²) in [6.45, 7) is 2.86. The Balaban J connectivity index is 1.58. The lowest BCUT2D eigenvalue weighted by Crippen LogP contribution is -2.40. The van der Waals surface area contributed by atoms with E-state index in [1.807, 2.05) is 0 Å². The molecule has 1 N–H and O–H groups in total. The summed E-state index contributed by atoms with van der Waals surface area (Å²) in [6.07, 6.45) is 0.501. The van der Waals surface area contributed by atoms with Gasteiger partial charge in [0.25, 0.3) is 5.91 Å². The van der Waals surface area contributed by atoms with Gasteiger partial charge in [-0.05, 0) is 56.2 Å². The molecule has 0 bridgehead atoms. The smallest absolute Gasteiger partial charge is 0.328 e. The van der Waals surface area contributed by atoms with Crippen LogP contribution in [-0.4, -0.2) is 51.0 Å². The third-order valence-electron chi connectivity index (χ3n) is 5.12. The van der Waals surface area contributed by atoms with Crippen LogP contribution in [-0.2, 0) is 26.0 Å². The van der Waals surface area contributed by atoms with Crippen molar-refractivity contribution in [3.8, 4) is 0 Å². The van der Waals surface area contributed by atoms with E-state index in [2.05, 4.69) is 5.32 Å². The Hall–Kier alpha value is -2.91. The second-order valence-electron chi connectivity index (χ2n) is 7.27. The second kappa shape index (κ2) is 9.70. The van der Waals surface area contributed by atoms with Gasteiger partial charge in [0.15, 0.2) is 12.4 Å². The highest BCUT2D eigenvalue weighted by Gasteiger charge is 2.29. The van der Waals surface area contributed by atoms with Crippen LogP contribution >= 0.6 is 11.6 Å². The Kier molecular flexibility index (Phi) is 7.20. The van der Waals surface area contributed by atoms with Gasteiger partial charge in [-0.25, -0.2) is 13.2 Å².